The zero-order chi connectivity index (χ0) is 30.8. The van der Waals surface area contributed by atoms with E-state index in [1.54, 1.807) is 6.07 Å². The SMILES string of the molecule is COc1cc(OC)c(C(=O)NC2CCC(NC(=O)c3cncc(C(=O)NC4CCCCC4)c3)CC2)cc1C(=O)NCCN. The Kier molecular flexibility index (Phi) is 11.3. The maximum absolute atomic E-state index is 13.2. The first-order valence-corrected chi connectivity index (χ1v) is 14.9. The molecule has 0 bridgehead atoms. The van der Waals surface area contributed by atoms with Gasteiger partial charge in [0.1, 0.15) is 11.5 Å². The van der Waals surface area contributed by atoms with Gasteiger partial charge in [0.15, 0.2) is 0 Å². The minimum atomic E-state index is -0.402. The standard InChI is InChI=1S/C31H42N6O6/c1-42-26-16-27(43-2)25(15-24(26)30(40)34-13-12-32)31(41)37-23-10-8-22(9-11-23)36-29(39)20-14-19(17-33-18-20)28(38)35-21-6-4-3-5-7-21/h14-18,21-23H,3-13,32H2,1-2H3,(H,34,40)(H,35,38)(H,36,39)(H,37,41). The Labute approximate surface area is 251 Å². The van der Waals surface area contributed by atoms with E-state index in [0.717, 1.165) is 25.7 Å². The Morgan fingerprint density at radius 3 is 1.70 bits per heavy atom. The number of rotatable bonds is 11. The Morgan fingerprint density at radius 1 is 0.698 bits per heavy atom. The molecule has 43 heavy (non-hydrogen) atoms. The molecule has 232 valence electrons. The zero-order valence-corrected chi connectivity index (χ0v) is 24.9. The number of methoxy groups -OCH3 is 2. The van der Waals surface area contributed by atoms with Crippen molar-refractivity contribution in [3.05, 3.63) is 52.8 Å². The highest BCUT2D eigenvalue weighted by atomic mass is 16.5. The molecule has 4 rings (SSSR count). The summed E-state index contributed by atoms with van der Waals surface area (Å²) in [5, 5.41) is 11.8. The minimum absolute atomic E-state index is 0.0752. The first-order chi connectivity index (χ1) is 20.8. The van der Waals surface area contributed by atoms with Gasteiger partial charge >= 0.3 is 0 Å². The number of aromatic nitrogens is 1. The van der Waals surface area contributed by atoms with Crippen molar-refractivity contribution >= 4 is 23.6 Å². The molecule has 4 amide bonds. The van der Waals surface area contributed by atoms with Crippen LogP contribution in [0.4, 0.5) is 0 Å². The van der Waals surface area contributed by atoms with Gasteiger partial charge in [-0.25, -0.2) is 0 Å². The fourth-order valence-corrected chi connectivity index (χ4v) is 5.65. The number of hydrogen-bond donors (Lipinski definition) is 5. The van der Waals surface area contributed by atoms with E-state index in [-0.39, 0.29) is 71.6 Å². The van der Waals surface area contributed by atoms with Crippen LogP contribution in [0.3, 0.4) is 0 Å². The van der Waals surface area contributed by atoms with Gasteiger partial charge in [0.2, 0.25) is 0 Å². The number of hydrogen-bond acceptors (Lipinski definition) is 8. The third kappa shape index (κ3) is 8.44. The molecule has 2 aromatic rings. The smallest absolute Gasteiger partial charge is 0.255 e. The topological polar surface area (TPSA) is 174 Å². The van der Waals surface area contributed by atoms with Crippen LogP contribution in [0.1, 0.15) is 99.2 Å². The number of nitrogens with one attached hydrogen (secondary N) is 4. The summed E-state index contributed by atoms with van der Waals surface area (Å²) in [6.07, 6.45) is 11.0. The number of benzene rings is 1. The van der Waals surface area contributed by atoms with Crippen LogP contribution in [0.2, 0.25) is 0 Å². The molecule has 0 radical (unpaired) electrons. The average Bonchev–Trinajstić information content (AvgIpc) is 3.04. The van der Waals surface area contributed by atoms with E-state index in [1.165, 1.54) is 45.2 Å². The van der Waals surface area contributed by atoms with Crippen molar-refractivity contribution in [3.8, 4) is 11.5 Å². The highest BCUT2D eigenvalue weighted by molar-refractivity contribution is 6.03. The van der Waals surface area contributed by atoms with Crippen molar-refractivity contribution in [1.29, 1.82) is 0 Å². The lowest BCUT2D eigenvalue weighted by atomic mass is 9.90. The zero-order valence-electron chi connectivity index (χ0n) is 24.9. The van der Waals surface area contributed by atoms with Gasteiger partial charge in [0.05, 0.1) is 36.5 Å². The molecule has 0 aliphatic heterocycles. The van der Waals surface area contributed by atoms with Crippen LogP contribution < -0.4 is 36.5 Å². The summed E-state index contributed by atoms with van der Waals surface area (Å²) < 4.78 is 10.7. The quantitative estimate of drug-likeness (QED) is 0.264. The van der Waals surface area contributed by atoms with Gasteiger partial charge < -0.3 is 36.5 Å². The van der Waals surface area contributed by atoms with E-state index < -0.39 is 5.91 Å². The summed E-state index contributed by atoms with van der Waals surface area (Å²) in [5.41, 5.74) is 6.63. The molecule has 6 N–H and O–H groups in total. The van der Waals surface area contributed by atoms with Crippen molar-refractivity contribution in [2.24, 2.45) is 5.73 Å². The summed E-state index contributed by atoms with van der Waals surface area (Å²) in [6, 6.07) is 4.54. The largest absolute Gasteiger partial charge is 0.496 e. The predicted molar refractivity (Wildman–Crippen MR) is 160 cm³/mol. The second kappa shape index (κ2) is 15.3. The fraction of sp³-hybridized carbons (Fsp3) is 0.516. The Bertz CT molecular complexity index is 1300. The number of ether oxygens (including phenoxy) is 2. The van der Waals surface area contributed by atoms with Crippen LogP contribution in [0.5, 0.6) is 11.5 Å². The summed E-state index contributed by atoms with van der Waals surface area (Å²) in [6.45, 7) is 0.564. The minimum Gasteiger partial charge on any atom is -0.496 e. The highest BCUT2D eigenvalue weighted by Crippen LogP contribution is 2.30. The fourth-order valence-electron chi connectivity index (χ4n) is 5.65. The molecule has 12 nitrogen and oxygen atoms in total. The number of pyridine rings is 1. The monoisotopic (exact) mass is 594 g/mol. The first-order valence-electron chi connectivity index (χ1n) is 14.9. The summed E-state index contributed by atoms with van der Waals surface area (Å²) in [5.74, 6) is -0.688. The molecule has 2 saturated carbocycles. The molecular weight excluding hydrogens is 552 g/mol. The van der Waals surface area contributed by atoms with E-state index in [9.17, 15) is 19.2 Å². The molecule has 1 heterocycles. The van der Waals surface area contributed by atoms with E-state index in [4.69, 9.17) is 15.2 Å². The van der Waals surface area contributed by atoms with Gasteiger partial charge in [-0.2, -0.15) is 0 Å². The lowest BCUT2D eigenvalue weighted by molar-refractivity contribution is 0.0888. The van der Waals surface area contributed by atoms with Gasteiger partial charge in [-0.05, 0) is 50.7 Å². The molecule has 0 atom stereocenters. The Hall–Kier alpha value is -4.19. The highest BCUT2D eigenvalue weighted by Gasteiger charge is 2.27. The van der Waals surface area contributed by atoms with Crippen molar-refractivity contribution in [2.75, 3.05) is 27.3 Å². The number of nitrogens with two attached hydrogens (primary N) is 1. The summed E-state index contributed by atoms with van der Waals surface area (Å²) in [4.78, 5) is 55.7. The molecule has 1 aromatic heterocycles. The maximum atomic E-state index is 13.2. The van der Waals surface area contributed by atoms with Gasteiger partial charge in [0.25, 0.3) is 23.6 Å². The molecule has 2 fully saturated rings. The van der Waals surface area contributed by atoms with Crippen molar-refractivity contribution in [1.82, 2.24) is 26.3 Å². The number of amides is 4. The molecule has 1 aromatic carbocycles. The van der Waals surface area contributed by atoms with Crippen molar-refractivity contribution < 1.29 is 28.7 Å². The van der Waals surface area contributed by atoms with Crippen LogP contribution in [0.25, 0.3) is 0 Å². The number of nitrogens with zero attached hydrogens (tertiary/aromatic N) is 1. The lowest BCUT2D eigenvalue weighted by Gasteiger charge is -2.30. The Balaban J connectivity index is 1.31. The lowest BCUT2D eigenvalue weighted by Crippen LogP contribution is -2.44. The number of carbonyl (C=O) groups is 4. The van der Waals surface area contributed by atoms with Gasteiger partial charge in [-0.1, -0.05) is 19.3 Å². The van der Waals surface area contributed by atoms with E-state index in [0.29, 0.717) is 36.8 Å². The predicted octanol–water partition coefficient (Wildman–Crippen LogP) is 2.32. The van der Waals surface area contributed by atoms with Crippen molar-refractivity contribution in [2.45, 2.75) is 75.9 Å². The molecular formula is C31H42N6O6. The molecule has 2 aliphatic carbocycles. The third-order valence-electron chi connectivity index (χ3n) is 8.04. The van der Waals surface area contributed by atoms with Crippen LogP contribution in [-0.4, -0.2) is 74.0 Å². The van der Waals surface area contributed by atoms with Crippen LogP contribution >= 0.6 is 0 Å². The van der Waals surface area contributed by atoms with Crippen LogP contribution in [-0.2, 0) is 0 Å². The summed E-state index contributed by atoms with van der Waals surface area (Å²) in [7, 11) is 2.88. The Morgan fingerprint density at radius 2 is 1.19 bits per heavy atom. The molecule has 0 unspecified atom stereocenters. The van der Waals surface area contributed by atoms with E-state index in [2.05, 4.69) is 26.3 Å². The van der Waals surface area contributed by atoms with Gasteiger partial charge in [-0.3, -0.25) is 24.2 Å². The normalized spacial score (nSPS) is 18.7. The average molecular weight is 595 g/mol. The van der Waals surface area contributed by atoms with E-state index >= 15 is 0 Å². The third-order valence-corrected chi connectivity index (χ3v) is 8.04. The van der Waals surface area contributed by atoms with E-state index in [1.807, 2.05) is 0 Å². The molecule has 0 saturated heterocycles. The second-order valence-corrected chi connectivity index (χ2v) is 11.1. The number of carbonyl (C=O) groups excluding carboxylic acids is 4. The van der Waals surface area contributed by atoms with Gasteiger partial charge in [0, 0.05) is 49.7 Å². The molecule has 0 spiro atoms. The molecule has 12 heteroatoms. The van der Waals surface area contributed by atoms with Crippen LogP contribution in [0, 0.1) is 0 Å². The maximum Gasteiger partial charge on any atom is 0.255 e. The van der Waals surface area contributed by atoms with Crippen LogP contribution in [0.15, 0.2) is 30.6 Å². The molecule has 2 aliphatic rings. The van der Waals surface area contributed by atoms with Gasteiger partial charge in [-0.15, -0.1) is 0 Å². The summed E-state index contributed by atoms with van der Waals surface area (Å²) >= 11 is 0. The second-order valence-electron chi connectivity index (χ2n) is 11.1. The van der Waals surface area contributed by atoms with Crippen molar-refractivity contribution in [3.63, 3.8) is 0 Å². The first kappa shape index (κ1) is 31.7.